The molecule has 3 fully saturated rings. The molecule has 1 N–H and O–H groups in total. The Bertz CT molecular complexity index is 1080. The van der Waals surface area contributed by atoms with E-state index in [9.17, 15) is 4.79 Å². The molecule has 9 nitrogen and oxygen atoms in total. The van der Waals surface area contributed by atoms with Gasteiger partial charge < -0.3 is 19.1 Å². The highest BCUT2D eigenvalue weighted by atomic mass is 28.4. The number of nitrogens with one attached hydrogen (secondary N) is 1. The lowest BCUT2D eigenvalue weighted by Gasteiger charge is -2.38. The number of urea groups is 1. The van der Waals surface area contributed by atoms with Gasteiger partial charge in [-0.05, 0) is 55.4 Å². The second-order valence-corrected chi connectivity index (χ2v) is 16.8. The molecular formula is C26H39N5O4Si. The number of hydroxylamine groups is 2. The number of piperidine rings is 1. The highest BCUT2D eigenvalue weighted by Gasteiger charge is 2.64. The van der Waals surface area contributed by atoms with Crippen molar-refractivity contribution in [2.45, 2.75) is 83.0 Å². The fourth-order valence-electron chi connectivity index (χ4n) is 5.12. The number of amides is 2. The Kier molecular flexibility index (Phi) is 6.51. The zero-order valence-corrected chi connectivity index (χ0v) is 23.3. The molecule has 2 bridgehead atoms. The van der Waals surface area contributed by atoms with Crippen molar-refractivity contribution in [3.05, 3.63) is 47.7 Å². The molecule has 3 aliphatic rings. The Morgan fingerprint density at radius 2 is 1.94 bits per heavy atom. The SMILES string of the molecule is CNC[C@H](O[Si](C)(C)C(C)(C)C)c1nnc([C@@H]2CC3(CC3)[C@@H]3CN2C(=O)N3OCc2ccccc2)o1. The number of nitrogens with zero attached hydrogens (tertiary/aromatic N) is 4. The smallest absolute Gasteiger partial charge is 0.345 e. The average Bonchev–Trinajstić information content (AvgIpc) is 3.30. The fraction of sp³-hybridized carbons (Fsp3) is 0.654. The van der Waals surface area contributed by atoms with Gasteiger partial charge in [0.1, 0.15) is 18.8 Å². The first-order valence-corrected chi connectivity index (χ1v) is 15.9. The van der Waals surface area contributed by atoms with Crippen molar-refractivity contribution in [1.29, 1.82) is 0 Å². The van der Waals surface area contributed by atoms with Gasteiger partial charge in [-0.25, -0.2) is 4.79 Å². The Morgan fingerprint density at radius 1 is 1.22 bits per heavy atom. The monoisotopic (exact) mass is 513 g/mol. The van der Waals surface area contributed by atoms with Gasteiger partial charge in [0, 0.05) is 13.1 Å². The number of fused-ring (bicyclic) bond motifs is 3. The van der Waals surface area contributed by atoms with E-state index in [2.05, 4.69) is 49.4 Å². The summed E-state index contributed by atoms with van der Waals surface area (Å²) in [5.41, 5.74) is 1.10. The third kappa shape index (κ3) is 4.60. The summed E-state index contributed by atoms with van der Waals surface area (Å²) in [5.74, 6) is 0.966. The predicted molar refractivity (Wildman–Crippen MR) is 137 cm³/mol. The Labute approximate surface area is 214 Å². The number of hydrogen-bond donors (Lipinski definition) is 1. The first-order chi connectivity index (χ1) is 17.0. The molecule has 0 unspecified atom stereocenters. The molecule has 3 atom stereocenters. The van der Waals surface area contributed by atoms with Crippen LogP contribution in [0.3, 0.4) is 0 Å². The number of hydrogen-bond acceptors (Lipinski definition) is 7. The number of benzene rings is 1. The van der Waals surface area contributed by atoms with Gasteiger partial charge in [-0.2, -0.15) is 5.06 Å². The standard InChI is InChI=1S/C26H39N5O4Si/c1-25(2,3)36(5,6)35-20(15-27-4)23-29-28-22(34-23)19-14-26(12-13-26)21-16-30(19)24(32)31(21)33-17-18-10-8-7-9-11-18/h7-11,19-21,27H,12-17H2,1-6H3/t19-,20-,21-/m0/s1. The van der Waals surface area contributed by atoms with Crippen LogP contribution in [0.2, 0.25) is 18.1 Å². The van der Waals surface area contributed by atoms with Crippen molar-refractivity contribution in [3.8, 4) is 0 Å². The Balaban J connectivity index is 1.34. The van der Waals surface area contributed by atoms with E-state index in [0.29, 0.717) is 31.5 Å². The summed E-state index contributed by atoms with van der Waals surface area (Å²) in [6, 6.07) is 9.66. The summed E-state index contributed by atoms with van der Waals surface area (Å²) in [6.45, 7) is 12.7. The molecule has 1 aromatic heterocycles. The lowest BCUT2D eigenvalue weighted by Crippen LogP contribution is -2.43. The van der Waals surface area contributed by atoms with Crippen molar-refractivity contribution in [2.24, 2.45) is 5.41 Å². The number of likely N-dealkylation sites (N-methyl/N-ethyl adjacent to an activating group) is 1. The van der Waals surface area contributed by atoms with Crippen LogP contribution in [0, 0.1) is 5.41 Å². The van der Waals surface area contributed by atoms with Crippen LogP contribution in [0.4, 0.5) is 4.79 Å². The van der Waals surface area contributed by atoms with Crippen molar-refractivity contribution in [2.75, 3.05) is 20.1 Å². The molecule has 2 amide bonds. The van der Waals surface area contributed by atoms with E-state index >= 15 is 0 Å². The van der Waals surface area contributed by atoms with Crippen molar-refractivity contribution < 1.29 is 18.5 Å². The number of aromatic nitrogens is 2. The van der Waals surface area contributed by atoms with Crippen LogP contribution in [0.1, 0.15) is 69.5 Å². The molecule has 1 aliphatic carbocycles. The van der Waals surface area contributed by atoms with Crippen LogP contribution in [-0.2, 0) is 15.9 Å². The molecule has 1 spiro atoms. The maximum Gasteiger partial charge on any atom is 0.345 e. The topological polar surface area (TPSA) is 93.0 Å². The van der Waals surface area contributed by atoms with Gasteiger partial charge in [-0.15, -0.1) is 10.2 Å². The molecule has 1 aromatic carbocycles. The van der Waals surface area contributed by atoms with E-state index < -0.39 is 8.32 Å². The fourth-order valence-corrected chi connectivity index (χ4v) is 6.37. The molecule has 36 heavy (non-hydrogen) atoms. The van der Waals surface area contributed by atoms with Crippen LogP contribution in [0.25, 0.3) is 0 Å². The van der Waals surface area contributed by atoms with Gasteiger partial charge >= 0.3 is 6.03 Å². The third-order valence-corrected chi connectivity index (χ3v) is 13.0. The van der Waals surface area contributed by atoms with E-state index in [0.717, 1.165) is 24.8 Å². The second-order valence-electron chi connectivity index (χ2n) is 12.0. The van der Waals surface area contributed by atoms with Gasteiger partial charge in [0.2, 0.25) is 11.8 Å². The van der Waals surface area contributed by atoms with E-state index in [-0.39, 0.29) is 34.7 Å². The molecule has 2 aliphatic heterocycles. The van der Waals surface area contributed by atoms with Crippen LogP contribution in [0.5, 0.6) is 0 Å². The van der Waals surface area contributed by atoms with Crippen LogP contribution in [0.15, 0.2) is 34.7 Å². The largest absolute Gasteiger partial charge is 0.420 e. The number of carbonyl (C=O) groups is 1. The zero-order valence-electron chi connectivity index (χ0n) is 22.3. The predicted octanol–water partition coefficient (Wildman–Crippen LogP) is 4.81. The molecule has 196 valence electrons. The Hall–Kier alpha value is -2.27. The molecule has 5 rings (SSSR count). The average molecular weight is 514 g/mol. The minimum Gasteiger partial charge on any atom is -0.420 e. The van der Waals surface area contributed by atoms with E-state index in [1.807, 2.05) is 42.3 Å². The highest BCUT2D eigenvalue weighted by Crippen LogP contribution is 2.61. The summed E-state index contributed by atoms with van der Waals surface area (Å²) in [5, 5.41) is 13.7. The lowest BCUT2D eigenvalue weighted by molar-refractivity contribution is -0.153. The minimum absolute atomic E-state index is 0.0562. The summed E-state index contributed by atoms with van der Waals surface area (Å²) in [4.78, 5) is 21.4. The normalized spacial score (nSPS) is 24.0. The van der Waals surface area contributed by atoms with E-state index in [4.69, 9.17) is 13.7 Å². The van der Waals surface area contributed by atoms with Crippen molar-refractivity contribution >= 4 is 14.3 Å². The molecule has 2 aromatic rings. The number of carbonyl (C=O) groups excluding carboxylic acids is 1. The quantitative estimate of drug-likeness (QED) is 0.481. The van der Waals surface area contributed by atoms with Crippen LogP contribution in [-0.4, -0.2) is 60.7 Å². The van der Waals surface area contributed by atoms with Gasteiger partial charge in [-0.1, -0.05) is 51.1 Å². The van der Waals surface area contributed by atoms with Gasteiger partial charge in [-0.3, -0.25) is 4.84 Å². The van der Waals surface area contributed by atoms with Gasteiger partial charge in [0.05, 0.1) is 6.04 Å². The van der Waals surface area contributed by atoms with E-state index in [1.54, 1.807) is 5.06 Å². The second kappa shape index (κ2) is 9.23. The first kappa shape index (κ1) is 25.4. The highest BCUT2D eigenvalue weighted by molar-refractivity contribution is 6.74. The molecule has 2 saturated heterocycles. The summed E-state index contributed by atoms with van der Waals surface area (Å²) in [7, 11) is -0.165. The summed E-state index contributed by atoms with van der Waals surface area (Å²) >= 11 is 0. The zero-order chi connectivity index (χ0) is 25.7. The Morgan fingerprint density at radius 3 is 2.58 bits per heavy atom. The molecule has 0 radical (unpaired) electrons. The summed E-state index contributed by atoms with van der Waals surface area (Å²) in [6.07, 6.45) is 2.65. The van der Waals surface area contributed by atoms with Crippen molar-refractivity contribution in [3.63, 3.8) is 0 Å². The molecule has 3 heterocycles. The minimum atomic E-state index is -2.06. The first-order valence-electron chi connectivity index (χ1n) is 13.0. The maximum absolute atomic E-state index is 13.5. The molecular weight excluding hydrogens is 474 g/mol. The molecule has 1 saturated carbocycles. The van der Waals surface area contributed by atoms with Crippen LogP contribution < -0.4 is 5.32 Å². The van der Waals surface area contributed by atoms with Crippen LogP contribution >= 0.6 is 0 Å². The van der Waals surface area contributed by atoms with Gasteiger partial charge in [0.25, 0.3) is 0 Å². The maximum atomic E-state index is 13.5. The molecule has 10 heteroatoms. The van der Waals surface area contributed by atoms with Crippen molar-refractivity contribution in [1.82, 2.24) is 25.5 Å². The van der Waals surface area contributed by atoms with E-state index in [1.165, 1.54) is 0 Å². The summed E-state index contributed by atoms with van der Waals surface area (Å²) < 4.78 is 12.9. The third-order valence-electron chi connectivity index (χ3n) is 8.52. The van der Waals surface area contributed by atoms with Gasteiger partial charge in [0.15, 0.2) is 8.32 Å². The number of rotatable bonds is 9. The lowest BCUT2D eigenvalue weighted by atomic mass is 9.85.